The van der Waals surface area contributed by atoms with Crippen LogP contribution in [0.4, 0.5) is 5.69 Å². The second-order valence-corrected chi connectivity index (χ2v) is 3.92. The van der Waals surface area contributed by atoms with Crippen LogP contribution >= 0.6 is 0 Å². The van der Waals surface area contributed by atoms with Gasteiger partial charge in [-0.25, -0.2) is 5.84 Å². The highest BCUT2D eigenvalue weighted by Gasteiger charge is 1.96. The van der Waals surface area contributed by atoms with Crippen molar-refractivity contribution in [1.82, 2.24) is 5.43 Å². The van der Waals surface area contributed by atoms with Crippen LogP contribution < -0.4 is 16.6 Å². The number of methoxy groups -OCH3 is 1. The number of para-hydroxylation sites is 1. The topological polar surface area (TPSA) is 71.7 Å². The van der Waals surface area contributed by atoms with Crippen LogP contribution in [0.25, 0.3) is 0 Å². The van der Waals surface area contributed by atoms with Crippen LogP contribution in [0, 0.1) is 0 Å². The number of rotatable bonds is 7. The Bertz CT molecular complexity index is 340. The van der Waals surface area contributed by atoms with Crippen LogP contribution in [0.1, 0.15) is 19.3 Å². The second-order valence-electron chi connectivity index (χ2n) is 3.92. The molecule has 0 atom stereocenters. The van der Waals surface area contributed by atoms with Crippen molar-refractivity contribution < 1.29 is 4.74 Å². The van der Waals surface area contributed by atoms with Crippen molar-refractivity contribution in [1.29, 1.82) is 0 Å². The summed E-state index contributed by atoms with van der Waals surface area (Å²) in [6.07, 6.45) is 3.22. The largest absolute Gasteiger partial charge is 0.385 e. The molecule has 0 aliphatic heterocycles. The molecular formula is C13H22N4O. The molecule has 1 aromatic carbocycles. The number of aliphatic imine (C=N–C) groups is 1. The van der Waals surface area contributed by atoms with Gasteiger partial charge in [-0.05, 0) is 31.4 Å². The third-order valence-electron chi connectivity index (χ3n) is 2.45. The van der Waals surface area contributed by atoms with Gasteiger partial charge in [-0.15, -0.1) is 0 Å². The fraction of sp³-hybridized carbons (Fsp3) is 0.462. The lowest BCUT2D eigenvalue weighted by atomic mass is 10.2. The van der Waals surface area contributed by atoms with Gasteiger partial charge in [0.1, 0.15) is 0 Å². The zero-order valence-electron chi connectivity index (χ0n) is 10.9. The molecule has 0 fully saturated rings. The number of hydrogen-bond acceptors (Lipinski definition) is 3. The minimum Gasteiger partial charge on any atom is -0.385 e. The first-order chi connectivity index (χ1) is 8.86. The zero-order chi connectivity index (χ0) is 13.1. The van der Waals surface area contributed by atoms with Crippen LogP contribution in [-0.4, -0.2) is 26.2 Å². The standard InChI is InChI=1S/C13H22N4O/c1-18-11-7-3-6-10-15-13(17-14)16-12-8-4-2-5-9-12/h2,4-5,8-9H,3,6-7,10-11,14H2,1H3,(H2,15,16,17). The molecule has 5 heteroatoms. The first kappa shape index (κ1) is 14.5. The Morgan fingerprint density at radius 1 is 1.22 bits per heavy atom. The van der Waals surface area contributed by atoms with Gasteiger partial charge in [-0.3, -0.25) is 10.4 Å². The summed E-state index contributed by atoms with van der Waals surface area (Å²) < 4.78 is 4.99. The Labute approximate surface area is 108 Å². The molecule has 0 aliphatic rings. The highest BCUT2D eigenvalue weighted by Crippen LogP contribution is 2.04. The van der Waals surface area contributed by atoms with E-state index in [0.717, 1.165) is 38.1 Å². The monoisotopic (exact) mass is 250 g/mol. The van der Waals surface area contributed by atoms with E-state index in [4.69, 9.17) is 10.6 Å². The number of hydrazine groups is 1. The third kappa shape index (κ3) is 6.22. The van der Waals surface area contributed by atoms with Crippen molar-refractivity contribution in [3.05, 3.63) is 30.3 Å². The number of ether oxygens (including phenoxy) is 1. The van der Waals surface area contributed by atoms with E-state index in [2.05, 4.69) is 15.7 Å². The summed E-state index contributed by atoms with van der Waals surface area (Å²) in [5, 5.41) is 3.12. The molecule has 18 heavy (non-hydrogen) atoms. The summed E-state index contributed by atoms with van der Waals surface area (Å²) in [6.45, 7) is 1.57. The molecule has 100 valence electrons. The van der Waals surface area contributed by atoms with E-state index in [-0.39, 0.29) is 0 Å². The number of unbranched alkanes of at least 4 members (excludes halogenated alkanes) is 2. The Morgan fingerprint density at radius 3 is 2.67 bits per heavy atom. The molecule has 0 radical (unpaired) electrons. The zero-order valence-corrected chi connectivity index (χ0v) is 10.9. The summed E-state index contributed by atoms with van der Waals surface area (Å²) >= 11 is 0. The van der Waals surface area contributed by atoms with Crippen molar-refractivity contribution in [2.24, 2.45) is 10.8 Å². The van der Waals surface area contributed by atoms with Crippen LogP contribution in [-0.2, 0) is 4.74 Å². The Morgan fingerprint density at radius 2 is 2.00 bits per heavy atom. The van der Waals surface area contributed by atoms with Crippen LogP contribution in [0.2, 0.25) is 0 Å². The number of nitrogens with two attached hydrogens (primary N) is 1. The van der Waals surface area contributed by atoms with Crippen LogP contribution in [0.5, 0.6) is 0 Å². The predicted octanol–water partition coefficient (Wildman–Crippen LogP) is 1.73. The third-order valence-corrected chi connectivity index (χ3v) is 2.45. The molecule has 1 aromatic rings. The van der Waals surface area contributed by atoms with Gasteiger partial charge in [-0.1, -0.05) is 18.2 Å². The molecule has 0 aliphatic carbocycles. The van der Waals surface area contributed by atoms with Crippen LogP contribution in [0.3, 0.4) is 0 Å². The molecule has 5 nitrogen and oxygen atoms in total. The summed E-state index contributed by atoms with van der Waals surface area (Å²) in [5.41, 5.74) is 3.53. The number of hydrogen-bond donors (Lipinski definition) is 3. The normalized spacial score (nSPS) is 11.3. The smallest absolute Gasteiger partial charge is 0.210 e. The maximum absolute atomic E-state index is 5.42. The Balaban J connectivity index is 2.27. The maximum Gasteiger partial charge on any atom is 0.210 e. The Kier molecular flexibility index (Phi) is 7.59. The van der Waals surface area contributed by atoms with E-state index in [1.165, 1.54) is 0 Å². The minimum absolute atomic E-state index is 0.591. The molecule has 4 N–H and O–H groups in total. The van der Waals surface area contributed by atoms with Gasteiger partial charge in [0.2, 0.25) is 5.96 Å². The lowest BCUT2D eigenvalue weighted by molar-refractivity contribution is 0.192. The van der Waals surface area contributed by atoms with Gasteiger partial charge in [0.15, 0.2) is 0 Å². The first-order valence-corrected chi connectivity index (χ1v) is 6.19. The van der Waals surface area contributed by atoms with Gasteiger partial charge in [0.25, 0.3) is 0 Å². The lowest BCUT2D eigenvalue weighted by Crippen LogP contribution is -2.36. The van der Waals surface area contributed by atoms with E-state index in [1.54, 1.807) is 7.11 Å². The van der Waals surface area contributed by atoms with Crippen molar-refractivity contribution in [3.63, 3.8) is 0 Å². The van der Waals surface area contributed by atoms with E-state index >= 15 is 0 Å². The summed E-state index contributed by atoms with van der Waals surface area (Å²) in [6, 6.07) is 9.81. The second kappa shape index (κ2) is 9.44. The minimum atomic E-state index is 0.591. The fourth-order valence-corrected chi connectivity index (χ4v) is 1.51. The molecular weight excluding hydrogens is 228 g/mol. The molecule has 0 aromatic heterocycles. The molecule has 0 amide bonds. The summed E-state index contributed by atoms with van der Waals surface area (Å²) in [5.74, 6) is 6.01. The number of guanidine groups is 1. The lowest BCUT2D eigenvalue weighted by Gasteiger charge is -2.08. The van der Waals surface area contributed by atoms with E-state index in [0.29, 0.717) is 5.96 Å². The highest BCUT2D eigenvalue weighted by molar-refractivity contribution is 5.93. The molecule has 0 saturated heterocycles. The molecule has 0 heterocycles. The number of nitrogens with zero attached hydrogens (tertiary/aromatic N) is 1. The molecule has 0 saturated carbocycles. The van der Waals surface area contributed by atoms with Crippen molar-refractivity contribution in [3.8, 4) is 0 Å². The van der Waals surface area contributed by atoms with Crippen molar-refractivity contribution in [2.75, 3.05) is 25.6 Å². The van der Waals surface area contributed by atoms with E-state index in [1.807, 2.05) is 30.3 Å². The number of anilines is 1. The van der Waals surface area contributed by atoms with Crippen molar-refractivity contribution in [2.45, 2.75) is 19.3 Å². The van der Waals surface area contributed by atoms with E-state index in [9.17, 15) is 0 Å². The maximum atomic E-state index is 5.42. The average Bonchev–Trinajstić information content (AvgIpc) is 2.42. The fourth-order valence-electron chi connectivity index (χ4n) is 1.51. The van der Waals surface area contributed by atoms with Crippen molar-refractivity contribution >= 4 is 11.6 Å². The number of nitrogens with one attached hydrogen (secondary N) is 2. The highest BCUT2D eigenvalue weighted by atomic mass is 16.5. The summed E-state index contributed by atoms with van der Waals surface area (Å²) in [4.78, 5) is 4.36. The Hall–Kier alpha value is -1.59. The van der Waals surface area contributed by atoms with Crippen LogP contribution in [0.15, 0.2) is 35.3 Å². The van der Waals surface area contributed by atoms with Gasteiger partial charge < -0.3 is 10.1 Å². The molecule has 0 spiro atoms. The predicted molar refractivity (Wildman–Crippen MR) is 75.4 cm³/mol. The van der Waals surface area contributed by atoms with Gasteiger partial charge in [0.05, 0.1) is 0 Å². The van der Waals surface area contributed by atoms with Gasteiger partial charge in [-0.2, -0.15) is 0 Å². The summed E-state index contributed by atoms with van der Waals surface area (Å²) in [7, 11) is 1.72. The average molecular weight is 250 g/mol. The first-order valence-electron chi connectivity index (χ1n) is 6.19. The quantitative estimate of drug-likeness (QED) is 0.227. The number of benzene rings is 1. The molecule has 1 rings (SSSR count). The van der Waals surface area contributed by atoms with Gasteiger partial charge in [0, 0.05) is 25.9 Å². The van der Waals surface area contributed by atoms with E-state index < -0.39 is 0 Å². The van der Waals surface area contributed by atoms with Gasteiger partial charge >= 0.3 is 0 Å². The SMILES string of the molecule is COCCCCCN=C(NN)Nc1ccccc1. The molecule has 0 bridgehead atoms. The molecule has 0 unspecified atom stereocenters.